The Morgan fingerprint density at radius 3 is 2.82 bits per heavy atom. The van der Waals surface area contributed by atoms with E-state index in [0.717, 1.165) is 43.6 Å². The van der Waals surface area contributed by atoms with Gasteiger partial charge < -0.3 is 4.90 Å². The van der Waals surface area contributed by atoms with Crippen molar-refractivity contribution in [2.24, 2.45) is 0 Å². The van der Waals surface area contributed by atoms with Gasteiger partial charge in [0, 0.05) is 36.9 Å². The lowest BCUT2D eigenvalue weighted by Gasteiger charge is -2.40. The van der Waals surface area contributed by atoms with E-state index in [1.54, 1.807) is 0 Å². The van der Waals surface area contributed by atoms with Crippen molar-refractivity contribution in [1.82, 2.24) is 4.90 Å². The molecule has 0 bridgehead atoms. The Bertz CT molecular complexity index is 392. The summed E-state index contributed by atoms with van der Waals surface area (Å²) in [6, 6.07) is 8.44. The second-order valence-electron chi connectivity index (χ2n) is 4.67. The molecule has 1 aliphatic rings. The molecule has 0 aromatic heterocycles. The van der Waals surface area contributed by atoms with E-state index in [-0.39, 0.29) is 0 Å². The monoisotopic (exact) mass is 232 g/mol. The predicted molar refractivity (Wildman–Crippen MR) is 70.8 cm³/mol. The first-order valence-corrected chi connectivity index (χ1v) is 6.25. The number of para-hydroxylation sites is 1. The Hall–Kier alpha value is -1.35. The van der Waals surface area contributed by atoms with Crippen molar-refractivity contribution in [3.8, 4) is 0 Å². The number of rotatable bonds is 3. The van der Waals surface area contributed by atoms with Gasteiger partial charge in [0.25, 0.3) is 0 Å². The van der Waals surface area contributed by atoms with Gasteiger partial charge in [-0.2, -0.15) is 0 Å². The minimum Gasteiger partial charge on any atom is -0.368 e. The number of hydrogen-bond acceptors (Lipinski definition) is 3. The van der Waals surface area contributed by atoms with Crippen LogP contribution in [0.5, 0.6) is 0 Å². The zero-order valence-electron chi connectivity index (χ0n) is 10.6. The third-order valence-corrected chi connectivity index (χ3v) is 3.65. The molecule has 0 spiro atoms. The average molecular weight is 232 g/mol. The molecule has 17 heavy (non-hydrogen) atoms. The smallest absolute Gasteiger partial charge is 0.152 e. The summed E-state index contributed by atoms with van der Waals surface area (Å²) in [5, 5.41) is 0. The van der Waals surface area contributed by atoms with Gasteiger partial charge in [0.15, 0.2) is 6.29 Å². The number of hydrogen-bond donors (Lipinski definition) is 0. The average Bonchev–Trinajstić information content (AvgIpc) is 2.39. The van der Waals surface area contributed by atoms with E-state index >= 15 is 0 Å². The standard InChI is InChI=1S/C14H20N2O/c1-3-13-10-16(9-8-15(13)2)14-7-5-4-6-12(14)11-17/h4-7,11,13H,3,8-10H2,1-2H3. The molecule has 1 heterocycles. The van der Waals surface area contributed by atoms with Gasteiger partial charge >= 0.3 is 0 Å². The first kappa shape index (κ1) is 12.1. The Morgan fingerprint density at radius 2 is 2.12 bits per heavy atom. The Kier molecular flexibility index (Phi) is 3.79. The van der Waals surface area contributed by atoms with Gasteiger partial charge in [-0.05, 0) is 25.6 Å². The molecule has 1 unspecified atom stereocenters. The summed E-state index contributed by atoms with van der Waals surface area (Å²) < 4.78 is 0. The number of aldehydes is 1. The SMILES string of the molecule is CCC1CN(c2ccccc2C=O)CCN1C. The Labute approximate surface area is 103 Å². The number of nitrogens with zero attached hydrogens (tertiary/aromatic N) is 2. The van der Waals surface area contributed by atoms with Gasteiger partial charge in [-0.15, -0.1) is 0 Å². The number of piperazine rings is 1. The zero-order valence-corrected chi connectivity index (χ0v) is 10.6. The molecule has 1 saturated heterocycles. The molecule has 1 aromatic rings. The van der Waals surface area contributed by atoms with Crippen LogP contribution in [0.2, 0.25) is 0 Å². The fraction of sp³-hybridized carbons (Fsp3) is 0.500. The second kappa shape index (κ2) is 5.32. The number of likely N-dealkylation sites (N-methyl/N-ethyl adjacent to an activating group) is 1. The summed E-state index contributed by atoms with van der Waals surface area (Å²) in [5.74, 6) is 0. The molecule has 1 fully saturated rings. The molecule has 92 valence electrons. The van der Waals surface area contributed by atoms with Gasteiger partial charge in [0.1, 0.15) is 0 Å². The summed E-state index contributed by atoms with van der Waals surface area (Å²) in [6.45, 7) is 5.29. The molecule has 1 aromatic carbocycles. The summed E-state index contributed by atoms with van der Waals surface area (Å²) >= 11 is 0. The molecule has 0 saturated carbocycles. The molecule has 0 N–H and O–H groups in total. The molecule has 1 atom stereocenters. The topological polar surface area (TPSA) is 23.6 Å². The van der Waals surface area contributed by atoms with Crippen molar-refractivity contribution in [1.29, 1.82) is 0 Å². The highest BCUT2D eigenvalue weighted by atomic mass is 16.1. The van der Waals surface area contributed by atoms with Crippen LogP contribution < -0.4 is 4.90 Å². The molecule has 2 rings (SSSR count). The normalized spacial score (nSPS) is 21.5. The van der Waals surface area contributed by atoms with Crippen LogP contribution in [0.25, 0.3) is 0 Å². The summed E-state index contributed by atoms with van der Waals surface area (Å²) in [7, 11) is 2.18. The van der Waals surface area contributed by atoms with E-state index in [4.69, 9.17) is 0 Å². The van der Waals surface area contributed by atoms with E-state index in [1.807, 2.05) is 24.3 Å². The van der Waals surface area contributed by atoms with Crippen molar-refractivity contribution >= 4 is 12.0 Å². The maximum Gasteiger partial charge on any atom is 0.152 e. The quantitative estimate of drug-likeness (QED) is 0.745. The lowest BCUT2D eigenvalue weighted by molar-refractivity contribution is 0.112. The largest absolute Gasteiger partial charge is 0.368 e. The predicted octanol–water partition coefficient (Wildman–Crippen LogP) is 2.03. The number of anilines is 1. The van der Waals surface area contributed by atoms with Crippen molar-refractivity contribution < 1.29 is 4.79 Å². The van der Waals surface area contributed by atoms with Crippen LogP contribution in [0.15, 0.2) is 24.3 Å². The van der Waals surface area contributed by atoms with Crippen LogP contribution in [0.3, 0.4) is 0 Å². The van der Waals surface area contributed by atoms with Crippen LogP contribution in [0.1, 0.15) is 23.7 Å². The number of carbonyl (C=O) groups excluding carboxylic acids is 1. The summed E-state index contributed by atoms with van der Waals surface area (Å²) in [5.41, 5.74) is 1.88. The van der Waals surface area contributed by atoms with Crippen LogP contribution in [-0.4, -0.2) is 43.9 Å². The maximum atomic E-state index is 11.0. The van der Waals surface area contributed by atoms with Crippen molar-refractivity contribution in [2.45, 2.75) is 19.4 Å². The lowest BCUT2D eigenvalue weighted by atomic mass is 10.1. The first-order valence-electron chi connectivity index (χ1n) is 6.25. The minimum atomic E-state index is 0.587. The second-order valence-corrected chi connectivity index (χ2v) is 4.67. The van der Waals surface area contributed by atoms with E-state index < -0.39 is 0 Å². The van der Waals surface area contributed by atoms with Gasteiger partial charge in [-0.3, -0.25) is 9.69 Å². The van der Waals surface area contributed by atoms with Crippen molar-refractivity contribution in [2.75, 3.05) is 31.6 Å². The van der Waals surface area contributed by atoms with Crippen LogP contribution in [-0.2, 0) is 0 Å². The highest BCUT2D eigenvalue weighted by Gasteiger charge is 2.23. The number of carbonyl (C=O) groups is 1. The molecule has 3 nitrogen and oxygen atoms in total. The molecule has 0 aliphatic carbocycles. The van der Waals surface area contributed by atoms with E-state index in [2.05, 4.69) is 23.8 Å². The summed E-state index contributed by atoms with van der Waals surface area (Å²) in [4.78, 5) is 15.8. The van der Waals surface area contributed by atoms with Gasteiger partial charge in [-0.25, -0.2) is 0 Å². The van der Waals surface area contributed by atoms with Crippen LogP contribution in [0, 0.1) is 0 Å². The Balaban J connectivity index is 2.20. The molecule has 0 radical (unpaired) electrons. The van der Waals surface area contributed by atoms with Crippen molar-refractivity contribution in [3.63, 3.8) is 0 Å². The van der Waals surface area contributed by atoms with Crippen molar-refractivity contribution in [3.05, 3.63) is 29.8 Å². The van der Waals surface area contributed by atoms with Gasteiger partial charge in [0.2, 0.25) is 0 Å². The third kappa shape index (κ3) is 2.50. The highest BCUT2D eigenvalue weighted by Crippen LogP contribution is 2.22. The van der Waals surface area contributed by atoms with Crippen LogP contribution >= 0.6 is 0 Å². The van der Waals surface area contributed by atoms with E-state index in [0.29, 0.717) is 6.04 Å². The summed E-state index contributed by atoms with van der Waals surface area (Å²) in [6.07, 6.45) is 2.10. The Morgan fingerprint density at radius 1 is 1.35 bits per heavy atom. The van der Waals surface area contributed by atoms with Gasteiger partial charge in [0.05, 0.1) is 0 Å². The minimum absolute atomic E-state index is 0.587. The third-order valence-electron chi connectivity index (χ3n) is 3.65. The van der Waals surface area contributed by atoms with Crippen LogP contribution in [0.4, 0.5) is 5.69 Å². The molecular weight excluding hydrogens is 212 g/mol. The fourth-order valence-electron chi connectivity index (χ4n) is 2.48. The fourth-order valence-corrected chi connectivity index (χ4v) is 2.48. The first-order chi connectivity index (χ1) is 8.26. The molecule has 3 heteroatoms. The highest BCUT2D eigenvalue weighted by molar-refractivity contribution is 5.84. The lowest BCUT2D eigenvalue weighted by Crippen LogP contribution is -2.51. The number of benzene rings is 1. The molecular formula is C14H20N2O. The van der Waals surface area contributed by atoms with E-state index in [1.165, 1.54) is 0 Å². The molecule has 1 aliphatic heterocycles. The van der Waals surface area contributed by atoms with Gasteiger partial charge in [-0.1, -0.05) is 19.1 Å². The maximum absolute atomic E-state index is 11.0. The van der Waals surface area contributed by atoms with E-state index in [9.17, 15) is 4.79 Å². The molecule has 0 amide bonds. The zero-order chi connectivity index (χ0) is 12.3.